The average Bonchev–Trinajstić information content (AvgIpc) is 2.85. The molecule has 0 saturated heterocycles. The third-order valence-electron chi connectivity index (χ3n) is 5.27. The molecule has 0 saturated carbocycles. The highest BCUT2D eigenvalue weighted by Crippen LogP contribution is 2.21. The van der Waals surface area contributed by atoms with E-state index >= 15 is 0 Å². The molecular formula is C28H26F2N2S. The van der Waals surface area contributed by atoms with E-state index in [2.05, 4.69) is 59.2 Å². The fraction of sp³-hybridized carbons (Fsp3) is 0.143. The van der Waals surface area contributed by atoms with E-state index in [0.29, 0.717) is 13.1 Å². The van der Waals surface area contributed by atoms with Gasteiger partial charge >= 0.3 is 0 Å². The molecule has 0 heterocycles. The summed E-state index contributed by atoms with van der Waals surface area (Å²) in [7, 11) is 0. The minimum absolute atomic E-state index is 0.213. The van der Waals surface area contributed by atoms with Gasteiger partial charge in [0.1, 0.15) is 11.6 Å². The molecule has 33 heavy (non-hydrogen) atoms. The minimum atomic E-state index is -0.213. The normalized spacial score (nSPS) is 10.7. The average molecular weight is 461 g/mol. The first-order valence-corrected chi connectivity index (χ1v) is 12.0. The molecule has 4 rings (SSSR count). The maximum absolute atomic E-state index is 13.0. The zero-order valence-electron chi connectivity index (χ0n) is 18.2. The van der Waals surface area contributed by atoms with Crippen LogP contribution in [0, 0.1) is 11.6 Å². The Labute approximate surface area is 198 Å². The van der Waals surface area contributed by atoms with Crippen LogP contribution in [-0.2, 0) is 24.6 Å². The van der Waals surface area contributed by atoms with Crippen LogP contribution in [0.25, 0.3) is 0 Å². The molecule has 0 aliphatic rings. The molecule has 4 aromatic carbocycles. The Morgan fingerprint density at radius 2 is 0.788 bits per heavy atom. The predicted octanol–water partition coefficient (Wildman–Crippen LogP) is 7.62. The first kappa shape index (κ1) is 22.9. The van der Waals surface area contributed by atoms with Gasteiger partial charge in [0.15, 0.2) is 0 Å². The third-order valence-corrected chi connectivity index (χ3v) is 6.34. The van der Waals surface area contributed by atoms with Crippen LogP contribution < -0.4 is 10.6 Å². The Kier molecular flexibility index (Phi) is 7.99. The number of thioether (sulfide) groups is 1. The Hall–Kier alpha value is -3.31. The lowest BCUT2D eigenvalue weighted by molar-refractivity contribution is 0.626. The number of hydrogen-bond donors (Lipinski definition) is 2. The molecule has 0 unspecified atom stereocenters. The van der Waals surface area contributed by atoms with Crippen LogP contribution in [0.4, 0.5) is 20.2 Å². The van der Waals surface area contributed by atoms with Crippen molar-refractivity contribution in [3.8, 4) is 0 Å². The van der Waals surface area contributed by atoms with Crippen molar-refractivity contribution in [3.63, 3.8) is 0 Å². The van der Waals surface area contributed by atoms with Crippen LogP contribution in [0.2, 0.25) is 0 Å². The van der Waals surface area contributed by atoms with Crippen LogP contribution in [0.5, 0.6) is 0 Å². The number of rotatable bonds is 10. The zero-order valence-corrected chi connectivity index (χ0v) is 19.0. The highest BCUT2D eigenvalue weighted by molar-refractivity contribution is 7.97. The predicted molar refractivity (Wildman–Crippen MR) is 135 cm³/mol. The van der Waals surface area contributed by atoms with Crippen LogP contribution in [0.3, 0.4) is 0 Å². The fourth-order valence-corrected chi connectivity index (χ4v) is 4.30. The lowest BCUT2D eigenvalue weighted by Gasteiger charge is -2.09. The topological polar surface area (TPSA) is 24.1 Å². The van der Waals surface area contributed by atoms with Crippen molar-refractivity contribution in [1.29, 1.82) is 0 Å². The van der Waals surface area contributed by atoms with E-state index in [1.807, 2.05) is 11.8 Å². The summed E-state index contributed by atoms with van der Waals surface area (Å²) >= 11 is 1.88. The van der Waals surface area contributed by atoms with Crippen molar-refractivity contribution in [2.75, 3.05) is 10.6 Å². The second kappa shape index (κ2) is 11.5. The third kappa shape index (κ3) is 7.36. The maximum atomic E-state index is 13.0. The van der Waals surface area contributed by atoms with Gasteiger partial charge in [0.25, 0.3) is 0 Å². The number of hydrogen-bond acceptors (Lipinski definition) is 3. The van der Waals surface area contributed by atoms with E-state index in [9.17, 15) is 8.78 Å². The van der Waals surface area contributed by atoms with Gasteiger partial charge in [0, 0.05) is 36.0 Å². The lowest BCUT2D eigenvalue weighted by Crippen LogP contribution is -1.99. The minimum Gasteiger partial charge on any atom is -0.381 e. The van der Waals surface area contributed by atoms with Crippen LogP contribution in [-0.4, -0.2) is 0 Å². The Balaban J connectivity index is 1.18. The van der Waals surface area contributed by atoms with Gasteiger partial charge in [-0.2, -0.15) is 11.8 Å². The number of halogens is 2. The van der Waals surface area contributed by atoms with Gasteiger partial charge < -0.3 is 10.6 Å². The van der Waals surface area contributed by atoms with E-state index < -0.39 is 0 Å². The zero-order chi connectivity index (χ0) is 22.9. The van der Waals surface area contributed by atoms with Gasteiger partial charge in [0.2, 0.25) is 0 Å². The number of nitrogens with one attached hydrogen (secondary N) is 2. The maximum Gasteiger partial charge on any atom is 0.123 e. The lowest BCUT2D eigenvalue weighted by atomic mass is 10.2. The second-order valence-corrected chi connectivity index (χ2v) is 8.83. The Bertz CT molecular complexity index is 1030. The fourth-order valence-electron chi connectivity index (χ4n) is 3.34. The molecule has 2 N–H and O–H groups in total. The summed E-state index contributed by atoms with van der Waals surface area (Å²) in [6.45, 7) is 1.34. The van der Waals surface area contributed by atoms with Gasteiger partial charge in [-0.3, -0.25) is 0 Å². The smallest absolute Gasteiger partial charge is 0.123 e. The molecule has 0 fully saturated rings. The van der Waals surface area contributed by atoms with E-state index in [1.165, 1.54) is 35.4 Å². The quantitative estimate of drug-likeness (QED) is 0.254. The van der Waals surface area contributed by atoms with Crippen LogP contribution >= 0.6 is 11.8 Å². The van der Waals surface area contributed by atoms with E-state index in [1.54, 1.807) is 24.3 Å². The molecule has 0 spiro atoms. The second-order valence-electron chi connectivity index (χ2n) is 7.85. The summed E-state index contributed by atoms with van der Waals surface area (Å²) in [5, 5.41) is 6.73. The summed E-state index contributed by atoms with van der Waals surface area (Å²) in [6.07, 6.45) is 0. The first-order chi connectivity index (χ1) is 16.1. The van der Waals surface area contributed by atoms with Gasteiger partial charge in [-0.15, -0.1) is 0 Å². The molecule has 0 aliphatic carbocycles. The van der Waals surface area contributed by atoms with Crippen molar-refractivity contribution < 1.29 is 8.78 Å². The molecule has 0 atom stereocenters. The highest BCUT2D eigenvalue weighted by Gasteiger charge is 2.00. The molecule has 0 amide bonds. The monoisotopic (exact) mass is 460 g/mol. The van der Waals surface area contributed by atoms with Crippen LogP contribution in [0.15, 0.2) is 97.1 Å². The molecule has 168 valence electrons. The standard InChI is InChI=1S/C28H26F2N2S/c29-25-9-1-21(2-10-25)17-31-27-13-5-23(6-14-27)19-33-20-24-7-15-28(16-8-24)32-18-22-3-11-26(30)12-4-22/h1-16,31-32H,17-20H2. The molecule has 0 aliphatic heterocycles. The Morgan fingerprint density at radius 3 is 1.15 bits per heavy atom. The molecule has 5 heteroatoms. The van der Waals surface area contributed by atoms with Crippen molar-refractivity contribution in [3.05, 3.63) is 131 Å². The molecule has 2 nitrogen and oxygen atoms in total. The number of benzene rings is 4. The van der Waals surface area contributed by atoms with Crippen molar-refractivity contribution in [2.24, 2.45) is 0 Å². The molecule has 0 aromatic heterocycles. The molecule has 0 radical (unpaired) electrons. The summed E-state index contributed by atoms with van der Waals surface area (Å²) in [5.41, 5.74) is 6.77. The van der Waals surface area contributed by atoms with Gasteiger partial charge in [-0.05, 0) is 70.8 Å². The van der Waals surface area contributed by atoms with Gasteiger partial charge in [-0.25, -0.2) is 8.78 Å². The van der Waals surface area contributed by atoms with Crippen molar-refractivity contribution in [1.82, 2.24) is 0 Å². The summed E-state index contributed by atoms with van der Waals surface area (Å²) in [4.78, 5) is 0. The van der Waals surface area contributed by atoms with Crippen molar-refractivity contribution in [2.45, 2.75) is 24.6 Å². The molecular weight excluding hydrogens is 434 g/mol. The molecule has 4 aromatic rings. The van der Waals surface area contributed by atoms with Gasteiger partial charge in [-0.1, -0.05) is 48.5 Å². The summed E-state index contributed by atoms with van der Waals surface area (Å²) in [5.74, 6) is 1.47. The van der Waals surface area contributed by atoms with E-state index in [-0.39, 0.29) is 11.6 Å². The summed E-state index contributed by atoms with van der Waals surface area (Å²) < 4.78 is 26.0. The largest absolute Gasteiger partial charge is 0.381 e. The molecule has 0 bridgehead atoms. The van der Waals surface area contributed by atoms with E-state index in [4.69, 9.17) is 0 Å². The van der Waals surface area contributed by atoms with E-state index in [0.717, 1.165) is 34.0 Å². The van der Waals surface area contributed by atoms with Gasteiger partial charge in [0.05, 0.1) is 0 Å². The highest BCUT2D eigenvalue weighted by atomic mass is 32.2. The van der Waals surface area contributed by atoms with Crippen molar-refractivity contribution >= 4 is 23.1 Å². The summed E-state index contributed by atoms with van der Waals surface area (Å²) in [6, 6.07) is 30.0. The first-order valence-electron chi connectivity index (χ1n) is 10.9. The number of anilines is 2. The SMILES string of the molecule is Fc1ccc(CNc2ccc(CSCc3ccc(NCc4ccc(F)cc4)cc3)cc2)cc1. The van der Waals surface area contributed by atoms with Crippen LogP contribution in [0.1, 0.15) is 22.3 Å². The Morgan fingerprint density at radius 1 is 0.455 bits per heavy atom.